The fraction of sp³-hybridized carbons (Fsp3) is 0.450. The maximum Gasteiger partial charge on any atom is 0.410 e. The number of rotatable bonds is 14. The van der Waals surface area contributed by atoms with Gasteiger partial charge in [0.15, 0.2) is 19.4 Å². The maximum absolute atomic E-state index is 13.8. The Morgan fingerprint density at radius 2 is 1.45 bits per heavy atom. The predicted molar refractivity (Wildman–Crippen MR) is 196 cm³/mol. The van der Waals surface area contributed by atoms with E-state index in [9.17, 15) is 19.2 Å². The number of carbonyl (C=O) groups is 4. The normalized spacial score (nSPS) is 16.0. The number of carbonyl (C=O) groups excluding carboxylic acids is 4. The van der Waals surface area contributed by atoms with Crippen molar-refractivity contribution in [3.63, 3.8) is 0 Å². The van der Waals surface area contributed by atoms with E-state index in [-0.39, 0.29) is 43.0 Å². The van der Waals surface area contributed by atoms with E-state index in [4.69, 9.17) is 33.2 Å². The van der Waals surface area contributed by atoms with Gasteiger partial charge < -0.3 is 43.4 Å². The van der Waals surface area contributed by atoms with Gasteiger partial charge in [0.05, 0.1) is 24.3 Å². The van der Waals surface area contributed by atoms with Crippen LogP contribution in [-0.4, -0.2) is 94.4 Å². The van der Waals surface area contributed by atoms with Crippen molar-refractivity contribution in [3.8, 4) is 17.2 Å². The molecule has 1 aliphatic heterocycles. The number of amides is 2. The Morgan fingerprint density at radius 1 is 0.830 bits per heavy atom. The number of ether oxygens (including phenoxy) is 7. The van der Waals surface area contributed by atoms with E-state index in [1.165, 1.54) is 50.5 Å². The smallest absolute Gasteiger partial charge is 0.410 e. The van der Waals surface area contributed by atoms with Crippen molar-refractivity contribution in [2.45, 2.75) is 71.1 Å². The second kappa shape index (κ2) is 18.6. The lowest BCUT2D eigenvalue weighted by Crippen LogP contribution is -2.51. The second-order valence-electron chi connectivity index (χ2n) is 13.9. The minimum atomic E-state index is -0.786. The molecule has 2 atom stereocenters. The molecule has 0 spiro atoms. The minimum absolute atomic E-state index is 0.0477. The number of ketones is 1. The SMILES string of the molecule is COCOc1ccc(OC)cc1C(=O)c1ccc(C(=O)O[C@@H]2CCCN(C(=O)OC(C)(C)C)C[C@H]2NC(=O)c2ccc(OCOC)c(C(C)C)c2)cc1. The van der Waals surface area contributed by atoms with Gasteiger partial charge in [0.25, 0.3) is 5.91 Å². The lowest BCUT2D eigenvalue weighted by atomic mass is 9.98. The quantitative estimate of drug-likeness (QED) is 0.112. The van der Waals surface area contributed by atoms with Crippen LogP contribution in [0.5, 0.6) is 17.2 Å². The molecule has 1 aliphatic rings. The molecular weight excluding hydrogens is 684 g/mol. The van der Waals surface area contributed by atoms with Gasteiger partial charge in [-0.3, -0.25) is 9.59 Å². The third-order valence-electron chi connectivity index (χ3n) is 8.38. The molecule has 0 aromatic heterocycles. The first-order valence-electron chi connectivity index (χ1n) is 17.4. The minimum Gasteiger partial charge on any atom is -0.497 e. The standard InChI is InChI=1S/C40H50N2O11/c1-25(2)30-20-28(15-17-33(30)50-23-47-6)37(44)41-32-22-42(39(46)53-40(3,4)5)19-9-10-35(32)52-38(45)27-13-11-26(12-14-27)36(43)31-21-29(49-8)16-18-34(31)51-24-48-7/h11-18,20-21,25,32,35H,9-10,19,22-24H2,1-8H3,(H,41,44)/t32-,35-/m1/s1. The van der Waals surface area contributed by atoms with Gasteiger partial charge in [-0.25, -0.2) is 9.59 Å². The highest BCUT2D eigenvalue weighted by Crippen LogP contribution is 2.29. The number of hydrogen-bond acceptors (Lipinski definition) is 11. The Morgan fingerprint density at radius 3 is 2.08 bits per heavy atom. The van der Waals surface area contributed by atoms with E-state index in [1.54, 1.807) is 57.2 Å². The molecule has 1 fully saturated rings. The molecule has 1 heterocycles. The van der Waals surface area contributed by atoms with Gasteiger partial charge in [-0.2, -0.15) is 0 Å². The van der Waals surface area contributed by atoms with Crippen molar-refractivity contribution >= 4 is 23.8 Å². The van der Waals surface area contributed by atoms with E-state index >= 15 is 0 Å². The molecule has 13 heteroatoms. The van der Waals surface area contributed by atoms with Crippen molar-refractivity contribution in [2.75, 3.05) is 48.0 Å². The zero-order valence-electron chi connectivity index (χ0n) is 31.7. The van der Waals surface area contributed by atoms with Crippen LogP contribution in [0.25, 0.3) is 0 Å². The molecule has 0 radical (unpaired) electrons. The van der Waals surface area contributed by atoms with Crippen LogP contribution in [0.15, 0.2) is 60.7 Å². The zero-order valence-corrected chi connectivity index (χ0v) is 31.7. The highest BCUT2D eigenvalue weighted by atomic mass is 16.7. The summed E-state index contributed by atoms with van der Waals surface area (Å²) in [5.74, 6) is 0.0465. The zero-order chi connectivity index (χ0) is 38.7. The molecule has 0 unspecified atom stereocenters. The van der Waals surface area contributed by atoms with Crippen LogP contribution in [0, 0.1) is 0 Å². The van der Waals surface area contributed by atoms with E-state index in [2.05, 4.69) is 5.32 Å². The highest BCUT2D eigenvalue weighted by molar-refractivity contribution is 6.11. The summed E-state index contributed by atoms with van der Waals surface area (Å²) in [6.07, 6.45) is -0.453. The number of nitrogens with zero attached hydrogens (tertiary/aromatic N) is 1. The Kier molecular flexibility index (Phi) is 14.2. The van der Waals surface area contributed by atoms with Gasteiger partial charge in [0.2, 0.25) is 0 Å². The molecule has 286 valence electrons. The van der Waals surface area contributed by atoms with E-state index < -0.39 is 35.7 Å². The summed E-state index contributed by atoms with van der Waals surface area (Å²) in [7, 11) is 4.51. The van der Waals surface area contributed by atoms with E-state index in [0.29, 0.717) is 47.8 Å². The number of esters is 1. The third kappa shape index (κ3) is 11.2. The molecule has 0 saturated carbocycles. The summed E-state index contributed by atoms with van der Waals surface area (Å²) in [5, 5.41) is 3.02. The number of likely N-dealkylation sites (tertiary alicyclic amines) is 1. The van der Waals surface area contributed by atoms with Crippen LogP contribution in [0.1, 0.15) is 95.6 Å². The Hall–Kier alpha value is -5.14. The summed E-state index contributed by atoms with van der Waals surface area (Å²) in [6.45, 7) is 9.73. The summed E-state index contributed by atoms with van der Waals surface area (Å²) in [6, 6.07) is 15.3. The first-order valence-corrected chi connectivity index (χ1v) is 17.4. The van der Waals surface area contributed by atoms with Crippen LogP contribution >= 0.6 is 0 Å². The number of benzene rings is 3. The van der Waals surface area contributed by atoms with E-state index in [1.807, 2.05) is 13.8 Å². The summed E-state index contributed by atoms with van der Waals surface area (Å²) in [5.41, 5.74) is 1.25. The van der Waals surface area contributed by atoms with Gasteiger partial charge in [0, 0.05) is 38.4 Å². The Bertz CT molecular complexity index is 1730. The highest BCUT2D eigenvalue weighted by Gasteiger charge is 2.35. The Labute approximate surface area is 310 Å². The molecule has 2 amide bonds. The number of hydrogen-bond donors (Lipinski definition) is 1. The lowest BCUT2D eigenvalue weighted by Gasteiger charge is -2.30. The summed E-state index contributed by atoms with van der Waals surface area (Å²) in [4.78, 5) is 55.5. The molecular formula is C40H50N2O11. The summed E-state index contributed by atoms with van der Waals surface area (Å²) < 4.78 is 38.3. The van der Waals surface area contributed by atoms with Crippen LogP contribution in [0.3, 0.4) is 0 Å². The van der Waals surface area contributed by atoms with Gasteiger partial charge in [-0.05, 0) is 93.6 Å². The molecule has 3 aromatic rings. The van der Waals surface area contributed by atoms with Crippen LogP contribution in [0.2, 0.25) is 0 Å². The van der Waals surface area contributed by atoms with Gasteiger partial charge in [0.1, 0.15) is 29.0 Å². The van der Waals surface area contributed by atoms with Crippen LogP contribution in [-0.2, 0) is 18.9 Å². The second-order valence-corrected chi connectivity index (χ2v) is 13.9. The molecule has 1 saturated heterocycles. The maximum atomic E-state index is 13.8. The first kappa shape index (κ1) is 40.6. The van der Waals surface area contributed by atoms with Gasteiger partial charge >= 0.3 is 12.1 Å². The average Bonchev–Trinajstić information content (AvgIpc) is 3.33. The molecule has 13 nitrogen and oxygen atoms in total. The van der Waals surface area contributed by atoms with Crippen LogP contribution in [0.4, 0.5) is 4.79 Å². The van der Waals surface area contributed by atoms with Crippen LogP contribution < -0.4 is 19.5 Å². The van der Waals surface area contributed by atoms with Crippen molar-refractivity contribution < 1.29 is 52.3 Å². The fourth-order valence-electron chi connectivity index (χ4n) is 5.73. The monoisotopic (exact) mass is 734 g/mol. The molecule has 53 heavy (non-hydrogen) atoms. The topological polar surface area (TPSA) is 148 Å². The lowest BCUT2D eigenvalue weighted by molar-refractivity contribution is 0.0127. The molecule has 1 N–H and O–H groups in total. The van der Waals surface area contributed by atoms with Crippen molar-refractivity contribution in [2.24, 2.45) is 0 Å². The first-order chi connectivity index (χ1) is 25.2. The molecule has 4 rings (SSSR count). The average molecular weight is 735 g/mol. The Balaban J connectivity index is 1.56. The predicted octanol–water partition coefficient (Wildman–Crippen LogP) is 6.37. The largest absolute Gasteiger partial charge is 0.497 e. The van der Waals surface area contributed by atoms with Crippen molar-refractivity contribution in [3.05, 3.63) is 88.5 Å². The number of methoxy groups -OCH3 is 3. The molecule has 3 aromatic carbocycles. The third-order valence-corrected chi connectivity index (χ3v) is 8.38. The van der Waals surface area contributed by atoms with Gasteiger partial charge in [-0.15, -0.1) is 0 Å². The number of nitrogens with one attached hydrogen (secondary N) is 1. The van der Waals surface area contributed by atoms with Crippen molar-refractivity contribution in [1.82, 2.24) is 10.2 Å². The van der Waals surface area contributed by atoms with E-state index in [0.717, 1.165) is 5.56 Å². The fourth-order valence-corrected chi connectivity index (χ4v) is 5.73. The molecule has 0 bridgehead atoms. The molecule has 0 aliphatic carbocycles. The summed E-state index contributed by atoms with van der Waals surface area (Å²) >= 11 is 0. The van der Waals surface area contributed by atoms with Gasteiger partial charge in [-0.1, -0.05) is 26.0 Å². The van der Waals surface area contributed by atoms with Crippen molar-refractivity contribution in [1.29, 1.82) is 0 Å².